The van der Waals surface area contributed by atoms with Crippen LogP contribution in [0.15, 0.2) is 80.9 Å². The number of aliphatic hydroxyl groups is 1. The number of fused-ring (bicyclic) bond motifs is 1. The molecule has 0 bridgehead atoms. The van der Waals surface area contributed by atoms with Crippen LogP contribution in [0.5, 0.6) is 0 Å². The Labute approximate surface area is 244 Å². The number of ketones is 1. The molecule has 20 heteroatoms. The standard InChI is InChI=1S/C23H19AsN4O13S2/c29-20-14-10-18(27-25-16-7-3-1-5-13(16)22(30)31)19(42(36,37)38)9-12(14)11-23(32,43(39,40)41)21(20)28-26-17-8-4-2-6-15(17)24(33,34)35/h1-10,26,32H,11H2,(H,30,31)(H2,33,34,35)(H,36,37,38)(H,39,40,41). The first kappa shape index (κ1) is 31.9. The molecule has 1 atom stereocenters. The number of azo groups is 1. The summed E-state index contributed by atoms with van der Waals surface area (Å²) in [6.07, 6.45) is -1.18. The van der Waals surface area contributed by atoms with Gasteiger partial charge in [0, 0.05) is 0 Å². The quantitative estimate of drug-likeness (QED) is 0.0725. The molecule has 3 aromatic rings. The van der Waals surface area contributed by atoms with Crippen LogP contribution in [0, 0.1) is 0 Å². The molecule has 0 heterocycles. The van der Waals surface area contributed by atoms with Crippen LogP contribution in [0.2, 0.25) is 0 Å². The van der Waals surface area contributed by atoms with E-state index in [-0.39, 0.29) is 16.9 Å². The van der Waals surface area contributed by atoms with Gasteiger partial charge < -0.3 is 5.11 Å². The molecule has 1 aliphatic carbocycles. The number of hydrazone groups is 1. The Morgan fingerprint density at radius 3 is 2.14 bits per heavy atom. The van der Waals surface area contributed by atoms with Crippen molar-refractivity contribution in [1.29, 1.82) is 0 Å². The molecule has 3 aromatic carbocycles. The summed E-state index contributed by atoms with van der Waals surface area (Å²) in [6, 6.07) is 11.3. The predicted molar refractivity (Wildman–Crippen MR) is 146 cm³/mol. The minimum atomic E-state index is -5.61. The SMILES string of the molecule is O=C1C(=NNc2ccccc2[As](=O)(O)O)C(O)(S(=O)(=O)O)Cc2cc(S(=O)(=O)O)c(N=Nc3ccccc3C(=O)O)cc21. The Morgan fingerprint density at radius 1 is 0.930 bits per heavy atom. The number of carboxylic acids is 1. The molecule has 0 saturated heterocycles. The van der Waals surface area contributed by atoms with Crippen LogP contribution in [-0.2, 0) is 30.4 Å². The fourth-order valence-electron chi connectivity index (χ4n) is 4.04. The van der Waals surface area contributed by atoms with Gasteiger partial charge in [0.05, 0.1) is 5.56 Å². The number of carboxylic acid groups (broad SMARTS) is 1. The number of nitrogens with zero attached hydrogens (tertiary/aromatic N) is 3. The molecule has 226 valence electrons. The monoisotopic (exact) mass is 698 g/mol. The number of rotatable bonds is 8. The Morgan fingerprint density at radius 2 is 1.53 bits per heavy atom. The fraction of sp³-hybridized carbons (Fsp3) is 0.0870. The zero-order valence-electron chi connectivity index (χ0n) is 21.1. The molecular weight excluding hydrogens is 679 g/mol. The van der Waals surface area contributed by atoms with E-state index in [4.69, 9.17) is 0 Å². The van der Waals surface area contributed by atoms with Crippen molar-refractivity contribution in [2.75, 3.05) is 5.43 Å². The van der Waals surface area contributed by atoms with Crippen molar-refractivity contribution in [1.82, 2.24) is 0 Å². The van der Waals surface area contributed by atoms with Crippen molar-refractivity contribution in [3.05, 3.63) is 77.4 Å². The van der Waals surface area contributed by atoms with Gasteiger partial charge >= 0.3 is 206 Å². The van der Waals surface area contributed by atoms with E-state index in [9.17, 15) is 57.7 Å². The van der Waals surface area contributed by atoms with E-state index in [2.05, 4.69) is 20.8 Å². The van der Waals surface area contributed by atoms with E-state index in [1.807, 2.05) is 0 Å². The van der Waals surface area contributed by atoms with E-state index < -0.39 is 89.3 Å². The molecule has 0 radical (unpaired) electrons. The van der Waals surface area contributed by atoms with Crippen molar-refractivity contribution in [3.8, 4) is 0 Å². The first-order chi connectivity index (χ1) is 19.8. The van der Waals surface area contributed by atoms with Crippen LogP contribution < -0.4 is 9.78 Å². The normalized spacial score (nSPS) is 18.5. The number of aromatic carboxylic acids is 1. The Hall–Kier alpha value is -4.07. The van der Waals surface area contributed by atoms with Crippen LogP contribution in [0.4, 0.5) is 17.1 Å². The molecule has 43 heavy (non-hydrogen) atoms. The molecule has 17 nitrogen and oxygen atoms in total. The summed E-state index contributed by atoms with van der Waals surface area (Å²) < 4.78 is 99.1. The van der Waals surface area contributed by atoms with E-state index in [1.165, 1.54) is 36.4 Å². The number of para-hydroxylation sites is 1. The third kappa shape index (κ3) is 6.33. The van der Waals surface area contributed by atoms with Gasteiger partial charge in [0.1, 0.15) is 0 Å². The van der Waals surface area contributed by atoms with Gasteiger partial charge in [-0.3, -0.25) is 0 Å². The summed E-state index contributed by atoms with van der Waals surface area (Å²) in [5.41, 5.74) is -1.81. The van der Waals surface area contributed by atoms with E-state index in [0.29, 0.717) is 6.07 Å². The summed E-state index contributed by atoms with van der Waals surface area (Å²) in [5, 5.41) is 31.3. The molecule has 0 aliphatic heterocycles. The second-order valence-corrected chi connectivity index (χ2v) is 15.2. The van der Waals surface area contributed by atoms with Crippen molar-refractivity contribution >= 4 is 73.3 Å². The number of carbonyl (C=O) groups is 2. The molecule has 0 aromatic heterocycles. The predicted octanol–water partition coefficient (Wildman–Crippen LogP) is 0.391. The van der Waals surface area contributed by atoms with Gasteiger partial charge in [-0.05, 0) is 12.1 Å². The third-order valence-electron chi connectivity index (χ3n) is 6.06. The second-order valence-electron chi connectivity index (χ2n) is 8.87. The van der Waals surface area contributed by atoms with Gasteiger partial charge in [-0.25, -0.2) is 4.79 Å². The average molecular weight is 698 g/mol. The topological polar surface area (TPSA) is 290 Å². The number of carbonyl (C=O) groups excluding carboxylic acids is 1. The van der Waals surface area contributed by atoms with Crippen LogP contribution in [0.3, 0.4) is 0 Å². The van der Waals surface area contributed by atoms with Gasteiger partial charge in [0.2, 0.25) is 0 Å². The summed E-state index contributed by atoms with van der Waals surface area (Å²) in [6.45, 7) is 0. The van der Waals surface area contributed by atoms with Crippen molar-refractivity contribution in [3.63, 3.8) is 0 Å². The number of hydrogen-bond acceptors (Lipinski definition) is 12. The maximum atomic E-state index is 13.5. The first-order valence-electron chi connectivity index (χ1n) is 11.5. The average Bonchev–Trinajstić information content (AvgIpc) is 2.90. The fourth-order valence-corrected chi connectivity index (χ4v) is 6.92. The van der Waals surface area contributed by atoms with Crippen LogP contribution >= 0.6 is 0 Å². The zero-order valence-corrected chi connectivity index (χ0v) is 24.6. The Bertz CT molecular complexity index is 2010. The molecule has 1 unspecified atom stereocenters. The van der Waals surface area contributed by atoms with Crippen LogP contribution in [-0.4, -0.2) is 80.9 Å². The molecule has 0 spiro atoms. The van der Waals surface area contributed by atoms with Crippen molar-refractivity contribution < 1.29 is 57.7 Å². The van der Waals surface area contributed by atoms with Gasteiger partial charge in [0.25, 0.3) is 0 Å². The van der Waals surface area contributed by atoms with Gasteiger partial charge in [0.15, 0.2) is 0 Å². The Balaban J connectivity index is 1.91. The van der Waals surface area contributed by atoms with Gasteiger partial charge in [-0.2, -0.15) is 0 Å². The van der Waals surface area contributed by atoms with E-state index in [1.54, 1.807) is 0 Å². The molecule has 7 N–H and O–H groups in total. The zero-order chi connectivity index (χ0) is 32.0. The number of nitrogens with one attached hydrogen (secondary N) is 1. The summed E-state index contributed by atoms with van der Waals surface area (Å²) in [7, 11) is -10.8. The number of hydrogen-bond donors (Lipinski definition) is 7. The molecule has 4 rings (SSSR count). The minimum absolute atomic E-state index is 0.238. The maximum absolute atomic E-state index is 13.5. The molecule has 0 saturated carbocycles. The Kier molecular flexibility index (Phi) is 8.30. The van der Waals surface area contributed by atoms with Crippen LogP contribution in [0.25, 0.3) is 0 Å². The number of Topliss-reactive ketones (excluding diaryl/α,β-unsaturated/α-hetero) is 1. The molecular formula is C23H19AsN4O13S2. The van der Waals surface area contributed by atoms with E-state index >= 15 is 0 Å². The number of benzene rings is 3. The van der Waals surface area contributed by atoms with Crippen molar-refractivity contribution in [2.24, 2.45) is 15.3 Å². The van der Waals surface area contributed by atoms with Crippen LogP contribution in [0.1, 0.15) is 26.3 Å². The van der Waals surface area contributed by atoms with Gasteiger partial charge in [-0.1, -0.05) is 12.1 Å². The second kappa shape index (κ2) is 11.2. The molecule has 0 amide bonds. The third-order valence-corrected chi connectivity index (χ3v) is 10.3. The summed E-state index contributed by atoms with van der Waals surface area (Å²) in [4.78, 5) is 20.5. The summed E-state index contributed by atoms with van der Waals surface area (Å²) >= 11 is -5.60. The van der Waals surface area contributed by atoms with Crippen molar-refractivity contribution in [2.45, 2.75) is 16.2 Å². The van der Waals surface area contributed by atoms with E-state index in [0.717, 1.165) is 18.2 Å². The molecule has 1 aliphatic rings. The van der Waals surface area contributed by atoms with Gasteiger partial charge in [-0.15, -0.1) is 0 Å². The number of anilines is 1. The first-order valence-corrected chi connectivity index (χ1v) is 17.7. The molecule has 0 fully saturated rings. The summed E-state index contributed by atoms with van der Waals surface area (Å²) in [5.74, 6) is -2.80.